The van der Waals surface area contributed by atoms with Crippen LogP contribution in [0.15, 0.2) is 12.4 Å². The number of hydrogen-bond acceptors (Lipinski definition) is 6. The molecule has 0 amide bonds. The lowest BCUT2D eigenvalue weighted by atomic mass is 10.2. The van der Waals surface area contributed by atoms with E-state index in [0.29, 0.717) is 17.8 Å². The topological polar surface area (TPSA) is 56.1 Å². The van der Waals surface area contributed by atoms with Crippen molar-refractivity contribution in [2.45, 2.75) is 45.8 Å². The summed E-state index contributed by atoms with van der Waals surface area (Å²) in [5, 5.41) is 14.4. The zero-order valence-electron chi connectivity index (χ0n) is 12.5. The minimum atomic E-state index is 0.531. The maximum atomic E-state index is 5.39. The van der Waals surface area contributed by atoms with Gasteiger partial charge in [-0.2, -0.15) is 5.10 Å². The quantitative estimate of drug-likeness (QED) is 0.818. The molecule has 1 unspecified atom stereocenters. The minimum absolute atomic E-state index is 0.531. The molecule has 1 saturated heterocycles. The van der Waals surface area contributed by atoms with Crippen molar-refractivity contribution in [3.63, 3.8) is 0 Å². The van der Waals surface area contributed by atoms with Crippen LogP contribution in [0.2, 0.25) is 0 Å². The van der Waals surface area contributed by atoms with E-state index < -0.39 is 0 Å². The van der Waals surface area contributed by atoms with E-state index in [2.05, 4.69) is 33.3 Å². The van der Waals surface area contributed by atoms with E-state index in [1.165, 1.54) is 18.4 Å². The molecule has 6 nitrogen and oxygen atoms in total. The number of aromatic nitrogens is 4. The normalized spacial score (nSPS) is 19.2. The molecule has 0 radical (unpaired) electrons. The fraction of sp³-hybridized carbons (Fsp3) is 0.643. The minimum Gasteiger partial charge on any atom is -0.469 e. The van der Waals surface area contributed by atoms with Crippen LogP contribution in [-0.4, -0.2) is 44.1 Å². The molecule has 0 aliphatic carbocycles. The van der Waals surface area contributed by atoms with Crippen molar-refractivity contribution >= 4 is 11.3 Å². The summed E-state index contributed by atoms with van der Waals surface area (Å²) in [5.74, 6) is 0. The zero-order chi connectivity index (χ0) is 14.7. The van der Waals surface area contributed by atoms with Crippen LogP contribution in [0.25, 0.3) is 0 Å². The fourth-order valence-electron chi connectivity index (χ4n) is 2.75. The molecular weight excluding hydrogens is 286 g/mol. The second-order valence-electron chi connectivity index (χ2n) is 5.40. The van der Waals surface area contributed by atoms with E-state index in [4.69, 9.17) is 4.74 Å². The third-order valence-corrected chi connectivity index (χ3v) is 4.53. The first-order valence-corrected chi connectivity index (χ1v) is 8.24. The summed E-state index contributed by atoms with van der Waals surface area (Å²) >= 11 is 1.55. The van der Waals surface area contributed by atoms with Crippen molar-refractivity contribution < 1.29 is 4.74 Å². The van der Waals surface area contributed by atoms with Gasteiger partial charge in [-0.1, -0.05) is 11.3 Å². The van der Waals surface area contributed by atoms with Gasteiger partial charge in [0.25, 0.3) is 5.19 Å². The Balaban J connectivity index is 1.60. The highest BCUT2D eigenvalue weighted by atomic mass is 32.1. The molecule has 0 aromatic carbocycles. The second kappa shape index (κ2) is 6.53. The van der Waals surface area contributed by atoms with E-state index in [0.717, 1.165) is 24.6 Å². The second-order valence-corrected chi connectivity index (χ2v) is 6.43. The number of aryl methyl sites for hydroxylation is 1. The van der Waals surface area contributed by atoms with E-state index in [1.54, 1.807) is 11.3 Å². The number of hydrogen-bond donors (Lipinski definition) is 0. The summed E-state index contributed by atoms with van der Waals surface area (Å²) in [7, 11) is 0. The maximum Gasteiger partial charge on any atom is 0.294 e. The highest BCUT2D eigenvalue weighted by Gasteiger charge is 2.26. The summed E-state index contributed by atoms with van der Waals surface area (Å²) in [5.41, 5.74) is 1.21. The number of rotatable bonds is 6. The van der Waals surface area contributed by atoms with Crippen LogP contribution >= 0.6 is 11.3 Å². The Hall–Kier alpha value is -1.47. The molecule has 3 heterocycles. The Morgan fingerprint density at radius 3 is 3.10 bits per heavy atom. The molecule has 0 N–H and O–H groups in total. The van der Waals surface area contributed by atoms with Gasteiger partial charge in [0.1, 0.15) is 5.01 Å². The lowest BCUT2D eigenvalue weighted by molar-refractivity contribution is 0.218. The van der Waals surface area contributed by atoms with Crippen LogP contribution in [0.3, 0.4) is 0 Å². The molecular formula is C14H21N5OS. The molecule has 3 rings (SSSR count). The van der Waals surface area contributed by atoms with Crippen LogP contribution in [0.1, 0.15) is 30.3 Å². The van der Waals surface area contributed by atoms with Crippen molar-refractivity contribution in [2.24, 2.45) is 0 Å². The Kier molecular flexibility index (Phi) is 4.50. The molecule has 2 aromatic heterocycles. The molecule has 0 spiro atoms. The van der Waals surface area contributed by atoms with Crippen molar-refractivity contribution in [1.29, 1.82) is 0 Å². The summed E-state index contributed by atoms with van der Waals surface area (Å²) in [6.45, 7) is 7.60. The van der Waals surface area contributed by atoms with Gasteiger partial charge in [-0.15, -0.1) is 10.2 Å². The summed E-state index contributed by atoms with van der Waals surface area (Å²) in [6.07, 6.45) is 6.48. The lowest BCUT2D eigenvalue weighted by Crippen LogP contribution is -2.32. The first-order chi connectivity index (χ1) is 10.2. The smallest absolute Gasteiger partial charge is 0.294 e. The standard InChI is InChI=1S/C14H21N5OS/c1-3-20-14-17-16-13(21-14)10-18-6-4-5-12(18)9-19-8-11(2)7-15-19/h7-8,12H,3-6,9-10H2,1-2H3. The van der Waals surface area contributed by atoms with Crippen LogP contribution in [0, 0.1) is 6.92 Å². The lowest BCUT2D eigenvalue weighted by Gasteiger charge is -2.23. The van der Waals surface area contributed by atoms with Crippen LogP contribution < -0.4 is 4.74 Å². The van der Waals surface area contributed by atoms with Gasteiger partial charge in [-0.3, -0.25) is 9.58 Å². The Labute approximate surface area is 128 Å². The Morgan fingerprint density at radius 1 is 1.43 bits per heavy atom. The SMILES string of the molecule is CCOc1nnc(CN2CCCC2Cn2cc(C)cn2)s1. The molecule has 1 aliphatic heterocycles. The van der Waals surface area contributed by atoms with E-state index >= 15 is 0 Å². The fourth-order valence-corrected chi connectivity index (χ4v) is 3.52. The predicted molar refractivity (Wildman–Crippen MR) is 81.5 cm³/mol. The number of ether oxygens (including phenoxy) is 1. The highest BCUT2D eigenvalue weighted by Crippen LogP contribution is 2.24. The molecule has 1 atom stereocenters. The third kappa shape index (κ3) is 3.59. The van der Waals surface area contributed by atoms with Gasteiger partial charge in [-0.05, 0) is 38.8 Å². The molecule has 0 saturated carbocycles. The van der Waals surface area contributed by atoms with Crippen molar-refractivity contribution in [3.8, 4) is 5.19 Å². The largest absolute Gasteiger partial charge is 0.469 e. The highest BCUT2D eigenvalue weighted by molar-refractivity contribution is 7.13. The molecule has 0 bridgehead atoms. The molecule has 1 aliphatic rings. The number of likely N-dealkylation sites (tertiary alicyclic amines) is 1. The van der Waals surface area contributed by atoms with E-state index in [1.807, 2.05) is 17.8 Å². The van der Waals surface area contributed by atoms with Crippen LogP contribution in [0.4, 0.5) is 0 Å². The summed E-state index contributed by atoms with van der Waals surface area (Å²) in [4.78, 5) is 2.48. The van der Waals surface area contributed by atoms with Gasteiger partial charge >= 0.3 is 0 Å². The average Bonchev–Trinajstić information content (AvgIpc) is 3.16. The first-order valence-electron chi connectivity index (χ1n) is 7.43. The predicted octanol–water partition coefficient (Wildman–Crippen LogP) is 2.11. The van der Waals surface area contributed by atoms with Gasteiger partial charge in [0.2, 0.25) is 0 Å². The molecule has 21 heavy (non-hydrogen) atoms. The third-order valence-electron chi connectivity index (χ3n) is 3.71. The molecule has 1 fully saturated rings. The maximum absolute atomic E-state index is 5.39. The zero-order valence-corrected chi connectivity index (χ0v) is 13.3. The number of nitrogens with zero attached hydrogens (tertiary/aromatic N) is 5. The van der Waals surface area contributed by atoms with E-state index in [-0.39, 0.29) is 0 Å². The van der Waals surface area contributed by atoms with Gasteiger partial charge < -0.3 is 4.74 Å². The summed E-state index contributed by atoms with van der Waals surface area (Å²) in [6, 6.07) is 0.531. The summed E-state index contributed by atoms with van der Waals surface area (Å²) < 4.78 is 7.43. The van der Waals surface area contributed by atoms with Crippen molar-refractivity contribution in [1.82, 2.24) is 24.9 Å². The monoisotopic (exact) mass is 307 g/mol. The van der Waals surface area contributed by atoms with Crippen LogP contribution in [-0.2, 0) is 13.1 Å². The van der Waals surface area contributed by atoms with Gasteiger partial charge in [0.15, 0.2) is 0 Å². The molecule has 2 aromatic rings. The van der Waals surface area contributed by atoms with Crippen molar-refractivity contribution in [3.05, 3.63) is 23.0 Å². The van der Waals surface area contributed by atoms with Gasteiger partial charge in [0.05, 0.1) is 25.9 Å². The Morgan fingerprint density at radius 2 is 2.33 bits per heavy atom. The Bertz CT molecular complexity index is 581. The van der Waals surface area contributed by atoms with E-state index in [9.17, 15) is 0 Å². The van der Waals surface area contributed by atoms with Crippen molar-refractivity contribution in [2.75, 3.05) is 13.2 Å². The van der Waals surface area contributed by atoms with Crippen LogP contribution in [0.5, 0.6) is 5.19 Å². The molecule has 7 heteroatoms. The average molecular weight is 307 g/mol. The first kappa shape index (κ1) is 14.5. The van der Waals surface area contributed by atoms with Gasteiger partial charge in [-0.25, -0.2) is 0 Å². The molecule has 114 valence electrons. The van der Waals surface area contributed by atoms with Gasteiger partial charge in [0, 0.05) is 12.2 Å².